The van der Waals surface area contributed by atoms with Crippen LogP contribution in [0, 0.1) is 12.8 Å². The number of fused-ring (bicyclic) bond motifs is 3. The summed E-state index contributed by atoms with van der Waals surface area (Å²) in [4.78, 5) is 16.0. The van der Waals surface area contributed by atoms with E-state index < -0.39 is 11.9 Å². The zero-order valence-corrected chi connectivity index (χ0v) is 13.5. The van der Waals surface area contributed by atoms with Gasteiger partial charge in [-0.3, -0.25) is 4.79 Å². The molecular weight excluding hydrogens is 290 g/mol. The molecule has 3 N–H and O–H groups in total. The van der Waals surface area contributed by atoms with Crippen LogP contribution < -0.4 is 5.73 Å². The molecule has 1 aliphatic rings. The Balaban J connectivity index is 1.88. The van der Waals surface area contributed by atoms with Gasteiger partial charge in [-0.15, -0.1) is 0 Å². The van der Waals surface area contributed by atoms with Gasteiger partial charge in [-0.05, 0) is 56.3 Å². The summed E-state index contributed by atoms with van der Waals surface area (Å²) in [6.07, 6.45) is 5.55. The summed E-state index contributed by atoms with van der Waals surface area (Å²) in [6, 6.07) is 6.48. The van der Waals surface area contributed by atoms with E-state index in [1.807, 2.05) is 6.33 Å². The van der Waals surface area contributed by atoms with Crippen LogP contribution in [0.4, 0.5) is 0 Å². The molecule has 2 aromatic rings. The van der Waals surface area contributed by atoms with Crippen molar-refractivity contribution in [3.63, 3.8) is 0 Å². The smallest absolute Gasteiger partial charge is 0.306 e. The number of carboxylic acids is 1. The molecule has 0 saturated carbocycles. The summed E-state index contributed by atoms with van der Waals surface area (Å²) >= 11 is 0. The van der Waals surface area contributed by atoms with Gasteiger partial charge < -0.3 is 15.4 Å². The summed E-state index contributed by atoms with van der Waals surface area (Å²) in [5.74, 6) is -1.16. The van der Waals surface area contributed by atoms with Crippen LogP contribution in [-0.2, 0) is 24.1 Å². The Kier molecular flexibility index (Phi) is 4.48. The van der Waals surface area contributed by atoms with E-state index in [1.54, 1.807) is 0 Å². The van der Waals surface area contributed by atoms with Gasteiger partial charge >= 0.3 is 5.97 Å². The fraction of sp³-hybridized carbons (Fsp3) is 0.444. The minimum Gasteiger partial charge on any atom is -0.481 e. The average molecular weight is 313 g/mol. The molecule has 0 amide bonds. The summed E-state index contributed by atoms with van der Waals surface area (Å²) < 4.78 is 2.13. The lowest BCUT2D eigenvalue weighted by molar-refractivity contribution is -0.142. The number of aryl methyl sites for hydroxylation is 2. The number of nitrogens with zero attached hydrogens (tertiary/aromatic N) is 2. The van der Waals surface area contributed by atoms with Gasteiger partial charge in [0.1, 0.15) is 0 Å². The zero-order chi connectivity index (χ0) is 16.4. The number of hydrogen-bond acceptors (Lipinski definition) is 3. The van der Waals surface area contributed by atoms with Crippen molar-refractivity contribution in [1.29, 1.82) is 0 Å². The third kappa shape index (κ3) is 3.15. The minimum atomic E-state index is -0.757. The highest BCUT2D eigenvalue weighted by Crippen LogP contribution is 2.28. The number of nitrogens with two attached hydrogens (primary N) is 1. The second-order valence-electron chi connectivity index (χ2n) is 6.31. The van der Waals surface area contributed by atoms with Gasteiger partial charge in [0.15, 0.2) is 0 Å². The number of rotatable bonds is 6. The molecule has 0 bridgehead atoms. The van der Waals surface area contributed by atoms with Crippen LogP contribution in [0.5, 0.6) is 0 Å². The van der Waals surface area contributed by atoms with Crippen molar-refractivity contribution in [3.05, 3.63) is 47.0 Å². The van der Waals surface area contributed by atoms with E-state index in [-0.39, 0.29) is 0 Å². The monoisotopic (exact) mass is 313 g/mol. The number of benzene rings is 1. The van der Waals surface area contributed by atoms with Crippen molar-refractivity contribution >= 4 is 5.97 Å². The summed E-state index contributed by atoms with van der Waals surface area (Å²) in [6.45, 7) is 2.61. The number of aromatic nitrogens is 2. The Hall–Kier alpha value is -2.14. The highest BCUT2D eigenvalue weighted by molar-refractivity contribution is 5.70. The van der Waals surface area contributed by atoms with E-state index in [0.717, 1.165) is 30.7 Å². The maximum Gasteiger partial charge on any atom is 0.306 e. The fourth-order valence-corrected chi connectivity index (χ4v) is 3.33. The highest BCUT2D eigenvalue weighted by atomic mass is 16.4. The number of carbonyl (C=O) groups is 1. The Labute approximate surface area is 136 Å². The van der Waals surface area contributed by atoms with Crippen molar-refractivity contribution < 1.29 is 9.90 Å². The van der Waals surface area contributed by atoms with E-state index in [1.165, 1.54) is 16.8 Å². The van der Waals surface area contributed by atoms with Crippen LogP contribution in [0.15, 0.2) is 24.5 Å². The molecule has 23 heavy (non-hydrogen) atoms. The largest absolute Gasteiger partial charge is 0.481 e. The molecule has 3 rings (SSSR count). The van der Waals surface area contributed by atoms with E-state index in [9.17, 15) is 9.90 Å². The van der Waals surface area contributed by atoms with Crippen molar-refractivity contribution in [2.45, 2.75) is 39.0 Å². The lowest BCUT2D eigenvalue weighted by atomic mass is 9.94. The first-order chi connectivity index (χ1) is 11.1. The molecule has 0 fully saturated rings. The summed E-state index contributed by atoms with van der Waals surface area (Å²) in [7, 11) is 0. The van der Waals surface area contributed by atoms with Crippen LogP contribution in [0.25, 0.3) is 5.69 Å². The Morgan fingerprint density at radius 2 is 2.26 bits per heavy atom. The Morgan fingerprint density at radius 1 is 1.43 bits per heavy atom. The van der Waals surface area contributed by atoms with Gasteiger partial charge in [0, 0.05) is 12.1 Å². The van der Waals surface area contributed by atoms with Gasteiger partial charge in [-0.2, -0.15) is 0 Å². The first kappa shape index (κ1) is 15.7. The standard InChI is InChI=1S/C18H23N3O2/c1-12-4-5-13-6-7-16-15(20-11-21(16)17(13)9-12)10-14(18(22)23)3-2-8-19/h4-5,9,11,14H,2-3,6-8,10,19H2,1H3,(H,22,23). The topological polar surface area (TPSA) is 81.1 Å². The summed E-state index contributed by atoms with van der Waals surface area (Å²) in [5.41, 5.74) is 11.3. The Morgan fingerprint density at radius 3 is 3.00 bits per heavy atom. The molecule has 0 spiro atoms. The Bertz CT molecular complexity index is 721. The quantitative estimate of drug-likeness (QED) is 0.857. The minimum absolute atomic E-state index is 0.406. The molecule has 1 aromatic carbocycles. The van der Waals surface area contributed by atoms with Crippen LogP contribution in [0.2, 0.25) is 0 Å². The predicted octanol–water partition coefficient (Wildman–Crippen LogP) is 2.26. The maximum atomic E-state index is 11.5. The van der Waals surface area contributed by atoms with Gasteiger partial charge in [0.25, 0.3) is 0 Å². The number of aliphatic carboxylic acids is 1. The third-order valence-electron chi connectivity index (χ3n) is 4.63. The van der Waals surface area contributed by atoms with Crippen LogP contribution in [-0.4, -0.2) is 27.2 Å². The van der Waals surface area contributed by atoms with Gasteiger partial charge in [0.2, 0.25) is 0 Å². The molecule has 1 unspecified atom stereocenters. The second-order valence-corrected chi connectivity index (χ2v) is 6.31. The molecule has 122 valence electrons. The number of carboxylic acid groups (broad SMARTS) is 1. The van der Waals surface area contributed by atoms with E-state index in [0.29, 0.717) is 19.4 Å². The molecule has 5 heteroatoms. The molecule has 1 aromatic heterocycles. The average Bonchev–Trinajstić information content (AvgIpc) is 2.94. The van der Waals surface area contributed by atoms with E-state index in [2.05, 4.69) is 34.7 Å². The van der Waals surface area contributed by atoms with Gasteiger partial charge in [0.05, 0.1) is 23.6 Å². The molecule has 0 aliphatic carbocycles. The molecule has 0 radical (unpaired) electrons. The third-order valence-corrected chi connectivity index (χ3v) is 4.63. The molecule has 1 aliphatic heterocycles. The van der Waals surface area contributed by atoms with Gasteiger partial charge in [-0.25, -0.2) is 4.98 Å². The predicted molar refractivity (Wildman–Crippen MR) is 88.8 cm³/mol. The molecule has 0 saturated heterocycles. The van der Waals surface area contributed by atoms with E-state index in [4.69, 9.17) is 5.73 Å². The normalized spacial score (nSPS) is 14.2. The van der Waals surface area contributed by atoms with Crippen LogP contribution in [0.3, 0.4) is 0 Å². The maximum absolute atomic E-state index is 11.5. The molecule has 2 heterocycles. The lowest BCUT2D eigenvalue weighted by Gasteiger charge is -2.21. The first-order valence-electron chi connectivity index (χ1n) is 8.18. The number of hydrogen-bond donors (Lipinski definition) is 2. The SMILES string of the molecule is Cc1ccc2c(c1)-n1cnc(CC(CCCN)C(=O)O)c1CC2. The highest BCUT2D eigenvalue weighted by Gasteiger charge is 2.24. The zero-order valence-electron chi connectivity index (χ0n) is 13.5. The van der Waals surface area contributed by atoms with E-state index >= 15 is 0 Å². The first-order valence-corrected chi connectivity index (χ1v) is 8.18. The lowest BCUT2D eigenvalue weighted by Crippen LogP contribution is -2.20. The molecular formula is C18H23N3O2. The van der Waals surface area contributed by atoms with Crippen molar-refractivity contribution in [2.24, 2.45) is 11.7 Å². The fourth-order valence-electron chi connectivity index (χ4n) is 3.33. The van der Waals surface area contributed by atoms with Crippen LogP contribution in [0.1, 0.15) is 35.4 Å². The second kappa shape index (κ2) is 6.54. The summed E-state index contributed by atoms with van der Waals surface area (Å²) in [5, 5.41) is 9.42. The van der Waals surface area contributed by atoms with Crippen molar-refractivity contribution in [1.82, 2.24) is 9.55 Å². The van der Waals surface area contributed by atoms with Gasteiger partial charge in [-0.1, -0.05) is 12.1 Å². The van der Waals surface area contributed by atoms with Crippen molar-refractivity contribution in [3.8, 4) is 5.69 Å². The van der Waals surface area contributed by atoms with Crippen LogP contribution >= 0.6 is 0 Å². The molecule has 5 nitrogen and oxygen atoms in total. The number of imidazole rings is 1. The van der Waals surface area contributed by atoms with Crippen molar-refractivity contribution in [2.75, 3.05) is 6.54 Å². The molecule has 1 atom stereocenters.